The Hall–Kier alpha value is -2.90. The number of nitrogen functional groups attached to an aromatic ring is 1. The van der Waals surface area contributed by atoms with Gasteiger partial charge < -0.3 is 11.5 Å². The van der Waals surface area contributed by atoms with Crippen molar-refractivity contribution in [3.63, 3.8) is 0 Å². The highest BCUT2D eigenvalue weighted by atomic mass is 16.2. The molecule has 0 aliphatic heterocycles. The maximum absolute atomic E-state index is 11.3. The van der Waals surface area contributed by atoms with Crippen molar-refractivity contribution in [2.24, 2.45) is 5.73 Å². The highest BCUT2D eigenvalue weighted by Gasteiger charge is 2.09. The minimum atomic E-state index is -0.902. The minimum absolute atomic E-state index is 0.141. The van der Waals surface area contributed by atoms with Crippen LogP contribution in [0.5, 0.6) is 0 Å². The molecule has 3 amide bonds. The number of aromatic nitrogens is 3. The van der Waals surface area contributed by atoms with E-state index in [4.69, 9.17) is 11.5 Å². The molecule has 5 N–H and O–H groups in total. The van der Waals surface area contributed by atoms with Gasteiger partial charge in [-0.3, -0.25) is 10.1 Å². The molecule has 0 unspecified atom stereocenters. The second kappa shape index (κ2) is 5.17. The molecule has 1 aromatic carbocycles. The Kier molecular flexibility index (Phi) is 3.42. The molecule has 0 bridgehead atoms. The lowest BCUT2D eigenvalue weighted by Crippen LogP contribution is -2.37. The van der Waals surface area contributed by atoms with Crippen molar-refractivity contribution < 1.29 is 9.59 Å². The predicted molar refractivity (Wildman–Crippen MR) is 67.6 cm³/mol. The van der Waals surface area contributed by atoms with Crippen LogP contribution in [0.4, 0.5) is 10.5 Å². The van der Waals surface area contributed by atoms with Crippen LogP contribution in [0.2, 0.25) is 0 Å². The summed E-state index contributed by atoms with van der Waals surface area (Å²) in [6.45, 7) is -0.141. The number of nitrogens with two attached hydrogens (primary N) is 2. The summed E-state index contributed by atoms with van der Waals surface area (Å²) in [6, 6.07) is 6.16. The summed E-state index contributed by atoms with van der Waals surface area (Å²) >= 11 is 0. The first-order valence-corrected chi connectivity index (χ1v) is 5.39. The van der Waals surface area contributed by atoms with Gasteiger partial charge >= 0.3 is 6.03 Å². The van der Waals surface area contributed by atoms with Gasteiger partial charge in [0.25, 0.3) is 0 Å². The van der Waals surface area contributed by atoms with Gasteiger partial charge in [0, 0.05) is 11.3 Å². The van der Waals surface area contributed by atoms with Crippen LogP contribution in [0.3, 0.4) is 0 Å². The summed E-state index contributed by atoms with van der Waals surface area (Å²) in [6.07, 6.45) is 1.39. The summed E-state index contributed by atoms with van der Waals surface area (Å²) in [7, 11) is 0. The number of anilines is 1. The van der Waals surface area contributed by atoms with Crippen molar-refractivity contribution in [2.75, 3.05) is 5.73 Å². The minimum Gasteiger partial charge on any atom is -0.399 e. The first kappa shape index (κ1) is 12.6. The van der Waals surface area contributed by atoms with Crippen LogP contribution in [0, 0.1) is 0 Å². The summed E-state index contributed by atoms with van der Waals surface area (Å²) in [5, 5.41) is 6.05. The van der Waals surface area contributed by atoms with Gasteiger partial charge in [0.1, 0.15) is 12.9 Å². The predicted octanol–water partition coefficient (Wildman–Crippen LogP) is -0.278. The van der Waals surface area contributed by atoms with E-state index < -0.39 is 11.9 Å². The van der Waals surface area contributed by atoms with E-state index >= 15 is 0 Å². The third kappa shape index (κ3) is 3.28. The number of amides is 3. The number of hydrogen-bond acceptors (Lipinski definition) is 5. The van der Waals surface area contributed by atoms with E-state index in [9.17, 15) is 9.59 Å². The molecule has 19 heavy (non-hydrogen) atoms. The molecular formula is C11H12N6O2. The largest absolute Gasteiger partial charge is 0.399 e. The van der Waals surface area contributed by atoms with Gasteiger partial charge in [0.15, 0.2) is 5.82 Å². The number of carbonyl (C=O) groups excluding carboxylic acids is 2. The normalized spacial score (nSPS) is 10.1. The van der Waals surface area contributed by atoms with Gasteiger partial charge in [0.05, 0.1) is 0 Å². The Balaban J connectivity index is 2.11. The van der Waals surface area contributed by atoms with Crippen molar-refractivity contribution in [3.8, 4) is 11.4 Å². The van der Waals surface area contributed by atoms with E-state index in [2.05, 4.69) is 10.1 Å². The van der Waals surface area contributed by atoms with Gasteiger partial charge in [-0.2, -0.15) is 5.10 Å². The van der Waals surface area contributed by atoms with Crippen molar-refractivity contribution in [2.45, 2.75) is 6.54 Å². The zero-order chi connectivity index (χ0) is 13.8. The summed E-state index contributed by atoms with van der Waals surface area (Å²) in [4.78, 5) is 25.9. The van der Waals surface area contributed by atoms with Crippen LogP contribution >= 0.6 is 0 Å². The van der Waals surface area contributed by atoms with Crippen molar-refractivity contribution in [1.29, 1.82) is 0 Å². The fraction of sp³-hybridized carbons (Fsp3) is 0.0909. The van der Waals surface area contributed by atoms with E-state index in [1.807, 2.05) is 5.32 Å². The van der Waals surface area contributed by atoms with Crippen LogP contribution < -0.4 is 16.8 Å². The molecule has 0 aliphatic carbocycles. The molecule has 0 atom stereocenters. The summed E-state index contributed by atoms with van der Waals surface area (Å²) in [5.74, 6) is -0.115. The first-order valence-electron chi connectivity index (χ1n) is 5.39. The first-order chi connectivity index (χ1) is 9.04. The quantitative estimate of drug-likeness (QED) is 0.654. The van der Waals surface area contributed by atoms with Gasteiger partial charge in [-0.15, -0.1) is 0 Å². The molecule has 0 radical (unpaired) electrons. The van der Waals surface area contributed by atoms with E-state index in [0.29, 0.717) is 11.5 Å². The van der Waals surface area contributed by atoms with Crippen molar-refractivity contribution in [3.05, 3.63) is 30.6 Å². The molecule has 2 aromatic rings. The number of primary amides is 1. The molecule has 8 nitrogen and oxygen atoms in total. The highest BCUT2D eigenvalue weighted by molar-refractivity contribution is 5.93. The lowest BCUT2D eigenvalue weighted by Gasteiger charge is -2.00. The van der Waals surface area contributed by atoms with Gasteiger partial charge in [-0.25, -0.2) is 14.5 Å². The molecule has 0 spiro atoms. The van der Waals surface area contributed by atoms with Crippen LogP contribution in [-0.2, 0) is 11.3 Å². The number of benzene rings is 1. The fourth-order valence-corrected chi connectivity index (χ4v) is 1.50. The average molecular weight is 260 g/mol. The fourth-order valence-electron chi connectivity index (χ4n) is 1.50. The van der Waals surface area contributed by atoms with E-state index in [0.717, 1.165) is 5.56 Å². The Morgan fingerprint density at radius 1 is 1.37 bits per heavy atom. The Bertz CT molecular complexity index is 621. The number of carbonyl (C=O) groups is 2. The molecule has 0 fully saturated rings. The smallest absolute Gasteiger partial charge is 0.318 e. The maximum Gasteiger partial charge on any atom is 0.318 e. The van der Waals surface area contributed by atoms with Crippen LogP contribution in [0.1, 0.15) is 0 Å². The van der Waals surface area contributed by atoms with E-state index in [-0.39, 0.29) is 6.54 Å². The van der Waals surface area contributed by atoms with Crippen molar-refractivity contribution >= 4 is 17.6 Å². The molecule has 1 heterocycles. The van der Waals surface area contributed by atoms with Crippen LogP contribution in [0.25, 0.3) is 11.4 Å². The molecule has 2 rings (SSSR count). The maximum atomic E-state index is 11.3. The lowest BCUT2D eigenvalue weighted by atomic mass is 10.2. The summed E-state index contributed by atoms with van der Waals surface area (Å²) in [5.41, 5.74) is 11.8. The number of nitrogens with zero attached hydrogens (tertiary/aromatic N) is 3. The number of urea groups is 1. The third-order valence-electron chi connectivity index (χ3n) is 2.25. The highest BCUT2D eigenvalue weighted by Crippen LogP contribution is 2.16. The summed E-state index contributed by atoms with van der Waals surface area (Å²) < 4.78 is 1.30. The molecule has 0 aliphatic rings. The molecule has 8 heteroatoms. The molecule has 0 saturated carbocycles. The Morgan fingerprint density at radius 3 is 2.84 bits per heavy atom. The van der Waals surface area contributed by atoms with Crippen molar-refractivity contribution in [1.82, 2.24) is 20.1 Å². The van der Waals surface area contributed by atoms with Gasteiger partial charge in [-0.1, -0.05) is 12.1 Å². The molecule has 0 saturated heterocycles. The van der Waals surface area contributed by atoms with Gasteiger partial charge in [-0.05, 0) is 12.1 Å². The molecular weight excluding hydrogens is 248 g/mol. The Labute approximate surface area is 108 Å². The van der Waals surface area contributed by atoms with Gasteiger partial charge in [0.2, 0.25) is 5.91 Å². The van der Waals surface area contributed by atoms with E-state index in [1.54, 1.807) is 24.3 Å². The molecule has 1 aromatic heterocycles. The zero-order valence-electron chi connectivity index (χ0n) is 9.91. The molecule has 98 valence electrons. The van der Waals surface area contributed by atoms with E-state index in [1.165, 1.54) is 11.0 Å². The second-order valence-electron chi connectivity index (χ2n) is 3.80. The van der Waals surface area contributed by atoms with Crippen LogP contribution in [-0.4, -0.2) is 26.7 Å². The topological polar surface area (TPSA) is 129 Å². The van der Waals surface area contributed by atoms with Crippen LogP contribution in [0.15, 0.2) is 30.6 Å². The zero-order valence-corrected chi connectivity index (χ0v) is 9.91. The third-order valence-corrected chi connectivity index (χ3v) is 2.25. The number of imide groups is 1. The second-order valence-corrected chi connectivity index (χ2v) is 3.80. The SMILES string of the molecule is NC(=O)NC(=O)Cn1cnc(-c2cccc(N)c2)n1. The average Bonchev–Trinajstić information content (AvgIpc) is 2.76. The standard InChI is InChI=1S/C11H12N6O2/c12-8-3-1-2-7(4-8)10-14-6-17(16-10)5-9(18)15-11(13)19/h1-4,6H,5,12H2,(H3,13,15,18,19). The number of hydrogen-bond donors (Lipinski definition) is 3. The monoisotopic (exact) mass is 260 g/mol. The number of nitrogens with one attached hydrogen (secondary N) is 1. The number of rotatable bonds is 3. The Morgan fingerprint density at radius 2 is 2.16 bits per heavy atom. The lowest BCUT2D eigenvalue weighted by molar-refractivity contribution is -0.120.